The van der Waals surface area contributed by atoms with Crippen LogP contribution in [0.5, 0.6) is 0 Å². The van der Waals surface area contributed by atoms with Crippen LogP contribution in [-0.4, -0.2) is 17.6 Å². The minimum absolute atomic E-state index is 0. The number of aryl methyl sites for hydroxylation is 1. The van der Waals surface area contributed by atoms with E-state index < -0.39 is 32.5 Å². The number of hydrogen-bond donors (Lipinski definition) is 0. The van der Waals surface area contributed by atoms with E-state index in [9.17, 15) is 4.39 Å². The first-order valence-corrected chi connectivity index (χ1v) is 26.0. The third-order valence-electron chi connectivity index (χ3n) is 12.1. The number of aromatic nitrogens is 2. The van der Waals surface area contributed by atoms with E-state index >= 15 is 0 Å². The van der Waals surface area contributed by atoms with Crippen LogP contribution in [0.4, 0.5) is 4.39 Å². The van der Waals surface area contributed by atoms with Gasteiger partial charge in [-0.15, -0.1) is 40.6 Å². The molecule has 3 nitrogen and oxygen atoms in total. The molecule has 0 spiro atoms. The molecule has 0 aliphatic heterocycles. The van der Waals surface area contributed by atoms with Crippen molar-refractivity contribution >= 4 is 67.8 Å². The second kappa shape index (κ2) is 18.2. The summed E-state index contributed by atoms with van der Waals surface area (Å²) in [6, 6.07) is 51.7. The van der Waals surface area contributed by atoms with Gasteiger partial charge in [-0.3, -0.25) is 9.37 Å². The van der Waals surface area contributed by atoms with Crippen LogP contribution in [0.1, 0.15) is 89.4 Å². The fourth-order valence-electron chi connectivity index (χ4n) is 9.08. The van der Waals surface area contributed by atoms with Crippen molar-refractivity contribution in [3.8, 4) is 28.2 Å². The largest absolute Gasteiger partial charge is 3.00 e. The van der Waals surface area contributed by atoms with Gasteiger partial charge in [0.2, 0.25) is 0 Å². The van der Waals surface area contributed by atoms with E-state index in [1.165, 1.54) is 39.0 Å². The van der Waals surface area contributed by atoms with Gasteiger partial charge in [0.05, 0.1) is 22.4 Å². The van der Waals surface area contributed by atoms with E-state index in [0.717, 1.165) is 61.0 Å². The summed E-state index contributed by atoms with van der Waals surface area (Å²) in [5.74, 6) is 0.846. The molecule has 6 heteroatoms. The molecule has 0 N–H and O–H groups in total. The molecule has 334 valence electrons. The number of hydrogen-bond acceptors (Lipinski definition) is 2. The third-order valence-corrected chi connectivity index (χ3v) is 14.1. The number of para-hydroxylation sites is 3. The minimum Gasteiger partial charge on any atom is -0.500 e. The minimum atomic E-state index is -2.41. The molecule has 0 saturated carbocycles. The molecule has 2 aromatic heterocycles. The predicted molar refractivity (Wildman–Crippen MR) is 276 cm³/mol. The summed E-state index contributed by atoms with van der Waals surface area (Å²) in [6.45, 7) is 18.6. The summed E-state index contributed by atoms with van der Waals surface area (Å²) in [5.41, 5.74) is 8.71. The van der Waals surface area contributed by atoms with E-state index in [0.29, 0.717) is 23.0 Å². The topological polar surface area (TPSA) is 31.0 Å². The van der Waals surface area contributed by atoms with Gasteiger partial charge < -0.3 is 8.98 Å². The Labute approximate surface area is 411 Å². The second-order valence-electron chi connectivity index (χ2n) is 19.8. The molecule has 0 aliphatic rings. The van der Waals surface area contributed by atoms with Crippen LogP contribution < -0.4 is 5.19 Å². The van der Waals surface area contributed by atoms with E-state index in [1.54, 1.807) is 12.1 Å². The van der Waals surface area contributed by atoms with Gasteiger partial charge in [0, 0.05) is 31.4 Å². The second-order valence-corrected chi connectivity index (χ2v) is 24.8. The zero-order valence-electron chi connectivity index (χ0n) is 44.3. The molecule has 10 rings (SSSR count). The Bertz CT molecular complexity index is 3610. The average Bonchev–Trinajstić information content (AvgIpc) is 3.89. The number of halogens is 1. The summed E-state index contributed by atoms with van der Waals surface area (Å²) in [4.78, 5) is 5.26. The molecule has 0 fully saturated rings. The van der Waals surface area contributed by atoms with Crippen molar-refractivity contribution in [2.45, 2.75) is 93.2 Å². The van der Waals surface area contributed by atoms with Crippen LogP contribution in [-0.2, 0) is 26.5 Å². The van der Waals surface area contributed by atoms with Crippen LogP contribution >= 0.6 is 0 Å². The predicted octanol–water partition coefficient (Wildman–Crippen LogP) is 16.5. The maximum Gasteiger partial charge on any atom is 3.00 e. The summed E-state index contributed by atoms with van der Waals surface area (Å²) >= 11 is 0. The van der Waals surface area contributed by atoms with Gasteiger partial charge in [0.25, 0.3) is 0 Å². The summed E-state index contributed by atoms with van der Waals surface area (Å²) in [7, 11) is -1.89. The summed E-state index contributed by atoms with van der Waals surface area (Å²) in [6.07, 6.45) is -1.64. The van der Waals surface area contributed by atoms with Crippen molar-refractivity contribution in [2.24, 2.45) is 5.41 Å². The van der Waals surface area contributed by atoms with Crippen molar-refractivity contribution in [1.29, 1.82) is 0 Å². The summed E-state index contributed by atoms with van der Waals surface area (Å²) in [5, 5.41) is 7.91. The Morgan fingerprint density at radius 2 is 1.39 bits per heavy atom. The molecule has 0 atom stereocenters. The Morgan fingerprint density at radius 3 is 2.09 bits per heavy atom. The average molecular weight is 1070 g/mol. The number of furan rings is 1. The SMILES string of the molecule is CC(C)c1cccc(C(C)C)c1-n1c(-c2[c-]ccc3c2oc2c3ccc3c4ccccc4ccc32)nc2ccccc21.[2H]C([2H])([2H])c1c[c-]c(-c2[c-]cc([Si](C)(C)C)c(C([2H])([2H])C(C)(C)C)c2)c(F)c1.[Ir+3]. The number of benzene rings is 8. The van der Waals surface area contributed by atoms with Gasteiger partial charge in [0.1, 0.15) is 5.58 Å². The fourth-order valence-corrected chi connectivity index (χ4v) is 10.5. The molecule has 0 saturated heterocycles. The molecule has 0 unspecified atom stereocenters. The zero-order chi connectivity index (χ0) is 50.2. The van der Waals surface area contributed by atoms with Crippen LogP contribution in [0, 0.1) is 36.3 Å². The van der Waals surface area contributed by atoms with Crippen molar-refractivity contribution in [3.63, 3.8) is 0 Å². The molecule has 0 aliphatic carbocycles. The van der Waals surface area contributed by atoms with E-state index in [1.807, 2.05) is 26.8 Å². The first kappa shape index (κ1) is 40.6. The van der Waals surface area contributed by atoms with Gasteiger partial charge in [-0.25, -0.2) is 5.56 Å². The number of nitrogens with zero attached hydrogens (tertiary/aromatic N) is 2. The van der Waals surface area contributed by atoms with Gasteiger partial charge in [-0.1, -0.05) is 165 Å². The standard InChI is InChI=1S/C39H31N2O.C21H27FSi.Ir/c1-23(2)26-13-9-14-27(24(3)4)36(26)41-35-18-8-7-17-34(35)40-39(41)33-16-10-15-30-32-22-21-29-28-12-6-5-11-25(28)19-20-31(29)37(32)42-38(30)33;1-15-8-10-18(19(22)12-15)16-9-11-20(23(5,6)7)17(13-16)14-21(2,3)4;/h5-15,17-24H,1-4H3;8,11-13H,14H2,1-7H3;/q-1;-2;+3/i;1D3,14D2;. The first-order chi connectivity index (χ1) is 33.0. The Morgan fingerprint density at radius 1 is 0.727 bits per heavy atom. The monoisotopic (exact) mass is 1070 g/mol. The van der Waals surface area contributed by atoms with Crippen LogP contribution in [0.15, 0.2) is 132 Å². The number of rotatable bonds is 7. The third kappa shape index (κ3) is 8.84. The number of fused-ring (bicyclic) bond motifs is 8. The van der Waals surface area contributed by atoms with Crippen LogP contribution in [0.2, 0.25) is 19.6 Å². The van der Waals surface area contributed by atoms with Crippen molar-refractivity contribution in [1.82, 2.24) is 9.55 Å². The Kier molecular flexibility index (Phi) is 11.2. The van der Waals surface area contributed by atoms with Crippen molar-refractivity contribution in [3.05, 3.63) is 174 Å². The van der Waals surface area contributed by atoms with Gasteiger partial charge in [-0.05, 0) is 68.9 Å². The molecule has 66 heavy (non-hydrogen) atoms. The smallest absolute Gasteiger partial charge is 0.500 e. The zero-order valence-corrected chi connectivity index (χ0v) is 42.7. The Hall–Kier alpha value is -5.65. The molecule has 0 bridgehead atoms. The molecule has 2 heterocycles. The van der Waals surface area contributed by atoms with E-state index in [2.05, 4.69) is 167 Å². The molecular formula is C60H58FIrN2OSi. The maximum atomic E-state index is 14.7. The van der Waals surface area contributed by atoms with Gasteiger partial charge in [-0.2, -0.15) is 35.9 Å². The molecule has 10 aromatic rings. The van der Waals surface area contributed by atoms with Crippen LogP contribution in [0.25, 0.3) is 82.7 Å². The fraction of sp³-hybridized carbons (Fsp3) is 0.250. The van der Waals surface area contributed by atoms with Crippen molar-refractivity contribution in [2.75, 3.05) is 0 Å². The molecule has 0 radical (unpaired) electrons. The van der Waals surface area contributed by atoms with Crippen LogP contribution in [0.3, 0.4) is 0 Å². The quantitative estimate of drug-likeness (QED) is 0.0905. The van der Waals surface area contributed by atoms with E-state index in [-0.39, 0.29) is 31.2 Å². The molecular weight excluding hydrogens is 1000 g/mol. The normalized spacial score (nSPS) is 13.7. The summed E-state index contributed by atoms with van der Waals surface area (Å²) < 4.78 is 63.7. The first-order valence-electron chi connectivity index (χ1n) is 25.0. The van der Waals surface area contributed by atoms with Gasteiger partial charge >= 0.3 is 20.1 Å². The van der Waals surface area contributed by atoms with Gasteiger partial charge in [0.15, 0.2) is 0 Å². The van der Waals surface area contributed by atoms with Crippen molar-refractivity contribution < 1.29 is 35.8 Å². The number of imidazole rings is 1. The molecule has 0 amide bonds. The Balaban J connectivity index is 0.000000205. The molecule has 8 aromatic carbocycles. The van der Waals surface area contributed by atoms with E-state index in [4.69, 9.17) is 16.3 Å². The maximum absolute atomic E-state index is 14.7.